The predicted molar refractivity (Wildman–Crippen MR) is 67.5 cm³/mol. The summed E-state index contributed by atoms with van der Waals surface area (Å²) in [4.78, 5) is 0. The van der Waals surface area contributed by atoms with E-state index in [0.717, 1.165) is 31.4 Å². The minimum absolute atomic E-state index is 0.140. The first-order valence-electron chi connectivity index (χ1n) is 5.93. The smallest absolute Gasteiger partial charge is 0.101 e. The highest BCUT2D eigenvalue weighted by Gasteiger charge is 2.19. The van der Waals surface area contributed by atoms with Crippen LogP contribution in [0, 0.1) is 11.3 Å². The van der Waals surface area contributed by atoms with Crippen molar-refractivity contribution >= 4 is 11.4 Å². The van der Waals surface area contributed by atoms with Gasteiger partial charge in [0.1, 0.15) is 6.07 Å². The number of nitriles is 1. The average molecular weight is 231 g/mol. The molecule has 0 saturated heterocycles. The molecule has 0 bridgehead atoms. The normalized spacial score (nSPS) is 24.0. The highest BCUT2D eigenvalue weighted by atomic mass is 16.3. The van der Waals surface area contributed by atoms with E-state index in [-0.39, 0.29) is 6.10 Å². The van der Waals surface area contributed by atoms with Crippen molar-refractivity contribution in [1.82, 2.24) is 0 Å². The van der Waals surface area contributed by atoms with Gasteiger partial charge >= 0.3 is 0 Å². The van der Waals surface area contributed by atoms with Gasteiger partial charge in [0.25, 0.3) is 0 Å². The third-order valence-corrected chi connectivity index (χ3v) is 3.24. The minimum atomic E-state index is -0.140. The molecule has 2 rings (SSSR count). The third-order valence-electron chi connectivity index (χ3n) is 3.24. The topological polar surface area (TPSA) is 82.1 Å². The van der Waals surface area contributed by atoms with Crippen molar-refractivity contribution in [2.75, 3.05) is 11.1 Å². The van der Waals surface area contributed by atoms with Crippen molar-refractivity contribution in [3.05, 3.63) is 23.8 Å². The molecule has 0 atom stereocenters. The number of aliphatic hydroxyl groups excluding tert-OH is 1. The molecule has 0 aromatic heterocycles. The molecule has 0 heterocycles. The monoisotopic (exact) mass is 231 g/mol. The Morgan fingerprint density at radius 3 is 2.59 bits per heavy atom. The van der Waals surface area contributed by atoms with Gasteiger partial charge in [0, 0.05) is 11.7 Å². The third kappa shape index (κ3) is 2.89. The molecule has 1 aromatic rings. The molecule has 1 aliphatic carbocycles. The van der Waals surface area contributed by atoms with Crippen LogP contribution in [-0.2, 0) is 0 Å². The quantitative estimate of drug-likeness (QED) is 0.678. The first-order valence-corrected chi connectivity index (χ1v) is 5.93. The van der Waals surface area contributed by atoms with Crippen LogP contribution in [0.3, 0.4) is 0 Å². The van der Waals surface area contributed by atoms with Crippen LogP contribution in [0.25, 0.3) is 0 Å². The Balaban J connectivity index is 2.00. The van der Waals surface area contributed by atoms with Crippen molar-refractivity contribution in [2.24, 2.45) is 0 Å². The molecule has 0 spiro atoms. The molecule has 0 unspecified atom stereocenters. The van der Waals surface area contributed by atoms with Gasteiger partial charge in [0.2, 0.25) is 0 Å². The van der Waals surface area contributed by atoms with E-state index in [1.807, 2.05) is 12.1 Å². The molecule has 0 aliphatic heterocycles. The van der Waals surface area contributed by atoms with E-state index in [1.165, 1.54) is 0 Å². The van der Waals surface area contributed by atoms with Gasteiger partial charge in [-0.05, 0) is 43.9 Å². The molecule has 4 N–H and O–H groups in total. The maximum atomic E-state index is 9.42. The van der Waals surface area contributed by atoms with E-state index in [9.17, 15) is 5.11 Å². The Kier molecular flexibility index (Phi) is 3.50. The lowest BCUT2D eigenvalue weighted by atomic mass is 9.93. The number of rotatable bonds is 2. The first kappa shape index (κ1) is 11.7. The fourth-order valence-corrected chi connectivity index (χ4v) is 2.21. The molecule has 1 fully saturated rings. The SMILES string of the molecule is N#Cc1ccc(NC2CCC(O)CC2)cc1N. The van der Waals surface area contributed by atoms with Gasteiger partial charge in [0.05, 0.1) is 17.4 Å². The molecule has 4 heteroatoms. The zero-order chi connectivity index (χ0) is 12.3. The maximum absolute atomic E-state index is 9.42. The van der Waals surface area contributed by atoms with Crippen molar-refractivity contribution in [2.45, 2.75) is 37.8 Å². The molecule has 1 aliphatic rings. The first-order chi connectivity index (χ1) is 8.19. The van der Waals surface area contributed by atoms with E-state index >= 15 is 0 Å². The Labute approximate surface area is 101 Å². The molecule has 0 amide bonds. The molecule has 0 radical (unpaired) electrons. The zero-order valence-electron chi connectivity index (χ0n) is 9.69. The van der Waals surface area contributed by atoms with Crippen LogP contribution in [-0.4, -0.2) is 17.3 Å². The van der Waals surface area contributed by atoms with E-state index in [2.05, 4.69) is 5.32 Å². The summed E-state index contributed by atoms with van der Waals surface area (Å²) >= 11 is 0. The fourth-order valence-electron chi connectivity index (χ4n) is 2.21. The molecule has 17 heavy (non-hydrogen) atoms. The Hall–Kier alpha value is -1.73. The number of hydrogen-bond acceptors (Lipinski definition) is 4. The number of nitrogens with two attached hydrogens (primary N) is 1. The number of aliphatic hydroxyl groups is 1. The number of nitrogen functional groups attached to an aromatic ring is 1. The highest BCUT2D eigenvalue weighted by molar-refractivity contribution is 5.62. The molecule has 1 aromatic carbocycles. The van der Waals surface area contributed by atoms with Gasteiger partial charge < -0.3 is 16.2 Å². The number of nitrogens with zero attached hydrogens (tertiary/aromatic N) is 1. The lowest BCUT2D eigenvalue weighted by Crippen LogP contribution is -2.28. The van der Waals surface area contributed by atoms with Crippen LogP contribution in [0.1, 0.15) is 31.2 Å². The number of nitrogens with one attached hydrogen (secondary N) is 1. The molecule has 1 saturated carbocycles. The van der Waals surface area contributed by atoms with Gasteiger partial charge in [-0.2, -0.15) is 5.26 Å². The largest absolute Gasteiger partial charge is 0.398 e. The summed E-state index contributed by atoms with van der Waals surface area (Å²) in [6, 6.07) is 7.84. The standard InChI is InChI=1S/C13H17N3O/c14-8-9-1-2-11(7-13(9)15)16-10-3-5-12(17)6-4-10/h1-2,7,10,12,16-17H,3-6,15H2. The number of hydrogen-bond donors (Lipinski definition) is 3. The van der Waals surface area contributed by atoms with Crippen molar-refractivity contribution < 1.29 is 5.11 Å². The van der Waals surface area contributed by atoms with Gasteiger partial charge in [-0.3, -0.25) is 0 Å². The summed E-state index contributed by atoms with van der Waals surface area (Å²) in [6.45, 7) is 0. The Morgan fingerprint density at radius 1 is 1.29 bits per heavy atom. The summed E-state index contributed by atoms with van der Waals surface area (Å²) in [6.07, 6.45) is 3.51. The molecule has 90 valence electrons. The number of benzene rings is 1. The van der Waals surface area contributed by atoms with Crippen LogP contribution in [0.5, 0.6) is 0 Å². The van der Waals surface area contributed by atoms with Crippen molar-refractivity contribution in [1.29, 1.82) is 5.26 Å². The van der Waals surface area contributed by atoms with E-state index in [4.69, 9.17) is 11.0 Å². The van der Waals surface area contributed by atoms with Gasteiger partial charge in [0.15, 0.2) is 0 Å². The molecular formula is C13H17N3O. The summed E-state index contributed by atoms with van der Waals surface area (Å²) in [5.41, 5.74) is 7.72. The predicted octanol–water partition coefficient (Wildman–Crippen LogP) is 1.86. The summed E-state index contributed by atoms with van der Waals surface area (Å²) < 4.78 is 0. The van der Waals surface area contributed by atoms with Crippen LogP contribution in [0.4, 0.5) is 11.4 Å². The Morgan fingerprint density at radius 2 is 2.00 bits per heavy atom. The summed E-state index contributed by atoms with van der Waals surface area (Å²) in [5, 5.41) is 21.6. The summed E-state index contributed by atoms with van der Waals surface area (Å²) in [7, 11) is 0. The van der Waals surface area contributed by atoms with E-state index < -0.39 is 0 Å². The average Bonchev–Trinajstić information content (AvgIpc) is 2.32. The van der Waals surface area contributed by atoms with Gasteiger partial charge in [-0.1, -0.05) is 0 Å². The summed E-state index contributed by atoms with van der Waals surface area (Å²) in [5.74, 6) is 0. The second kappa shape index (κ2) is 5.07. The Bertz CT molecular complexity index is 431. The lowest BCUT2D eigenvalue weighted by Gasteiger charge is -2.27. The second-order valence-corrected chi connectivity index (χ2v) is 4.56. The maximum Gasteiger partial charge on any atom is 0.101 e. The molecular weight excluding hydrogens is 214 g/mol. The van der Waals surface area contributed by atoms with Gasteiger partial charge in [-0.25, -0.2) is 0 Å². The van der Waals surface area contributed by atoms with E-state index in [0.29, 0.717) is 17.3 Å². The van der Waals surface area contributed by atoms with Crippen LogP contribution in [0.2, 0.25) is 0 Å². The number of anilines is 2. The van der Waals surface area contributed by atoms with Crippen molar-refractivity contribution in [3.63, 3.8) is 0 Å². The van der Waals surface area contributed by atoms with Crippen LogP contribution < -0.4 is 11.1 Å². The fraction of sp³-hybridized carbons (Fsp3) is 0.462. The van der Waals surface area contributed by atoms with Gasteiger partial charge in [-0.15, -0.1) is 0 Å². The zero-order valence-corrected chi connectivity index (χ0v) is 9.69. The van der Waals surface area contributed by atoms with Crippen molar-refractivity contribution in [3.8, 4) is 6.07 Å². The minimum Gasteiger partial charge on any atom is -0.398 e. The molecule has 4 nitrogen and oxygen atoms in total. The van der Waals surface area contributed by atoms with Crippen LogP contribution in [0.15, 0.2) is 18.2 Å². The second-order valence-electron chi connectivity index (χ2n) is 4.56. The highest BCUT2D eigenvalue weighted by Crippen LogP contribution is 2.24. The van der Waals surface area contributed by atoms with E-state index in [1.54, 1.807) is 12.1 Å². The lowest BCUT2D eigenvalue weighted by molar-refractivity contribution is 0.126. The van der Waals surface area contributed by atoms with Crippen LogP contribution >= 0.6 is 0 Å².